The molecule has 0 aromatic rings. The van der Waals surface area contributed by atoms with Crippen LogP contribution in [0.25, 0.3) is 0 Å². The van der Waals surface area contributed by atoms with E-state index in [9.17, 15) is 15.0 Å². The summed E-state index contributed by atoms with van der Waals surface area (Å²) in [5.74, 6) is -0.0741. The van der Waals surface area contributed by atoms with Gasteiger partial charge in [0.15, 0.2) is 5.96 Å². The van der Waals surface area contributed by atoms with Gasteiger partial charge < -0.3 is 21.3 Å². The minimum Gasteiger partial charge on any atom is -0.478 e. The number of allylic oxidation sites excluding steroid dienone is 1. The highest BCUT2D eigenvalue weighted by molar-refractivity contribution is 5.90. The van der Waals surface area contributed by atoms with Crippen molar-refractivity contribution in [3.05, 3.63) is 11.1 Å². The number of aliphatic carboxylic acids is 1. The first-order valence-corrected chi connectivity index (χ1v) is 9.35. The Labute approximate surface area is 148 Å². The fourth-order valence-electron chi connectivity index (χ4n) is 7.37. The Kier molecular flexibility index (Phi) is 3.37. The predicted octanol–water partition coefficient (Wildman–Crippen LogP) is 1.64. The van der Waals surface area contributed by atoms with Crippen molar-refractivity contribution in [1.82, 2.24) is 5.32 Å². The molecular weight excluding hydrogens is 318 g/mol. The highest BCUT2D eigenvalue weighted by Gasteiger charge is 2.76. The highest BCUT2D eigenvalue weighted by atomic mass is 16.4. The van der Waals surface area contributed by atoms with E-state index in [4.69, 9.17) is 5.73 Å². The van der Waals surface area contributed by atoms with Crippen LogP contribution in [0.4, 0.5) is 0 Å². The van der Waals surface area contributed by atoms with Crippen LogP contribution in [0.3, 0.4) is 0 Å². The molecule has 5 N–H and O–H groups in total. The molecule has 138 valence electrons. The van der Waals surface area contributed by atoms with Crippen molar-refractivity contribution in [2.75, 3.05) is 7.05 Å². The van der Waals surface area contributed by atoms with Gasteiger partial charge in [-0.25, -0.2) is 4.79 Å². The van der Waals surface area contributed by atoms with E-state index in [2.05, 4.69) is 24.2 Å². The van der Waals surface area contributed by atoms with Crippen LogP contribution in [0.5, 0.6) is 0 Å². The molecule has 0 aromatic heterocycles. The van der Waals surface area contributed by atoms with Crippen molar-refractivity contribution < 1.29 is 15.0 Å². The number of aliphatic hydroxyl groups excluding tert-OH is 1. The summed E-state index contributed by atoms with van der Waals surface area (Å²) in [5.41, 5.74) is 6.98. The standard InChI is InChI=1S/C19H29N3O3/c1-17-6-4-10-8-11-14(15(24)25)12(23)9-19(11,17)18(10,2)13(5-7-17)22-16(20)21-3/h10,12-13,23H,4-9H2,1-3H3,(H,24,25)(H3,20,21,22). The first-order chi connectivity index (χ1) is 11.7. The molecule has 1 spiro atoms. The summed E-state index contributed by atoms with van der Waals surface area (Å²) >= 11 is 0. The number of aliphatic hydroxyl groups is 1. The summed E-state index contributed by atoms with van der Waals surface area (Å²) < 4.78 is 0. The maximum atomic E-state index is 11.9. The van der Waals surface area contributed by atoms with Gasteiger partial charge >= 0.3 is 5.97 Å². The summed E-state index contributed by atoms with van der Waals surface area (Å²) in [6, 6.07) is 0.160. The summed E-state index contributed by atoms with van der Waals surface area (Å²) in [6.07, 6.45) is 4.73. The summed E-state index contributed by atoms with van der Waals surface area (Å²) in [5, 5.41) is 23.8. The van der Waals surface area contributed by atoms with Crippen LogP contribution in [-0.4, -0.2) is 41.3 Å². The van der Waals surface area contributed by atoms with Gasteiger partial charge in [0.05, 0.1) is 11.7 Å². The molecule has 3 fully saturated rings. The molecule has 4 bridgehead atoms. The molecular formula is C19H29N3O3. The van der Waals surface area contributed by atoms with Gasteiger partial charge in [-0.2, -0.15) is 0 Å². The highest BCUT2D eigenvalue weighted by Crippen LogP contribution is 2.80. The van der Waals surface area contributed by atoms with Gasteiger partial charge in [0, 0.05) is 23.9 Å². The van der Waals surface area contributed by atoms with Crippen molar-refractivity contribution in [1.29, 1.82) is 0 Å². The van der Waals surface area contributed by atoms with Gasteiger partial charge in [-0.05, 0) is 55.4 Å². The fraction of sp³-hybridized carbons (Fsp3) is 0.789. The SMILES string of the molecule is CN=C(N)NC1CCC2(C)CCC3CC4=C(C(=O)O)C(O)CC42C31C. The van der Waals surface area contributed by atoms with Gasteiger partial charge in [0.1, 0.15) is 0 Å². The molecule has 0 aromatic carbocycles. The third kappa shape index (κ3) is 1.74. The number of nitrogens with zero attached hydrogens (tertiary/aromatic N) is 1. The number of carbonyl (C=O) groups is 1. The second-order valence-corrected chi connectivity index (χ2v) is 8.95. The molecule has 6 unspecified atom stereocenters. The average molecular weight is 347 g/mol. The van der Waals surface area contributed by atoms with E-state index in [1.54, 1.807) is 7.05 Å². The van der Waals surface area contributed by atoms with E-state index in [0.29, 0.717) is 18.3 Å². The lowest BCUT2D eigenvalue weighted by molar-refractivity contribution is -0.151. The Morgan fingerprint density at radius 2 is 2.00 bits per heavy atom. The van der Waals surface area contributed by atoms with Crippen molar-refractivity contribution in [3.8, 4) is 0 Å². The fourth-order valence-corrected chi connectivity index (χ4v) is 7.37. The van der Waals surface area contributed by atoms with Crippen LogP contribution in [-0.2, 0) is 4.79 Å². The summed E-state index contributed by atoms with van der Waals surface area (Å²) in [7, 11) is 1.68. The van der Waals surface area contributed by atoms with Crippen molar-refractivity contribution in [3.63, 3.8) is 0 Å². The molecule has 4 aliphatic rings. The van der Waals surface area contributed by atoms with E-state index >= 15 is 0 Å². The van der Waals surface area contributed by atoms with Gasteiger partial charge in [0.25, 0.3) is 0 Å². The Morgan fingerprint density at radius 3 is 2.64 bits per heavy atom. The average Bonchev–Trinajstić information content (AvgIpc) is 2.93. The lowest BCUT2D eigenvalue weighted by atomic mass is 9.39. The minimum atomic E-state index is -0.948. The third-order valence-corrected chi connectivity index (χ3v) is 8.47. The first kappa shape index (κ1) is 16.9. The van der Waals surface area contributed by atoms with Gasteiger partial charge in [-0.15, -0.1) is 0 Å². The number of carboxylic acid groups (broad SMARTS) is 1. The number of aliphatic imine (C=N–C) groups is 1. The van der Waals surface area contributed by atoms with E-state index < -0.39 is 12.1 Å². The Balaban J connectivity index is 1.92. The Hall–Kier alpha value is -1.56. The molecule has 0 heterocycles. The number of hydrogen-bond donors (Lipinski definition) is 4. The molecule has 0 saturated heterocycles. The molecule has 4 aliphatic carbocycles. The number of nitrogens with two attached hydrogens (primary N) is 1. The second-order valence-electron chi connectivity index (χ2n) is 8.95. The van der Waals surface area contributed by atoms with Crippen LogP contribution in [0.1, 0.15) is 52.4 Å². The van der Waals surface area contributed by atoms with E-state index in [1.165, 1.54) is 0 Å². The monoisotopic (exact) mass is 347 g/mol. The number of guanidine groups is 1. The zero-order valence-electron chi connectivity index (χ0n) is 15.3. The summed E-state index contributed by atoms with van der Waals surface area (Å²) in [6.45, 7) is 4.62. The number of rotatable bonds is 2. The van der Waals surface area contributed by atoms with Crippen molar-refractivity contribution >= 4 is 11.9 Å². The second kappa shape index (κ2) is 5.00. The maximum absolute atomic E-state index is 11.9. The Bertz CT molecular complexity index is 702. The van der Waals surface area contributed by atoms with Crippen LogP contribution in [0.2, 0.25) is 0 Å². The van der Waals surface area contributed by atoms with Gasteiger partial charge in [0.2, 0.25) is 0 Å². The van der Waals surface area contributed by atoms with Crippen molar-refractivity contribution in [2.45, 2.75) is 64.5 Å². The quantitative estimate of drug-likeness (QED) is 0.449. The maximum Gasteiger partial charge on any atom is 0.334 e. The topological polar surface area (TPSA) is 108 Å². The third-order valence-electron chi connectivity index (χ3n) is 8.47. The lowest BCUT2D eigenvalue weighted by Gasteiger charge is -2.66. The zero-order chi connectivity index (χ0) is 18.2. The molecule has 6 heteroatoms. The molecule has 25 heavy (non-hydrogen) atoms. The van der Waals surface area contributed by atoms with Crippen molar-refractivity contribution in [2.24, 2.45) is 32.9 Å². The minimum absolute atomic E-state index is 0.0402. The van der Waals surface area contributed by atoms with E-state index in [0.717, 1.165) is 37.7 Å². The lowest BCUT2D eigenvalue weighted by Crippen LogP contribution is -2.66. The molecule has 4 rings (SSSR count). The van der Waals surface area contributed by atoms with E-state index in [-0.39, 0.29) is 27.9 Å². The van der Waals surface area contributed by atoms with Crippen LogP contribution < -0.4 is 11.1 Å². The van der Waals surface area contributed by atoms with Crippen LogP contribution >= 0.6 is 0 Å². The molecule has 0 amide bonds. The Morgan fingerprint density at radius 1 is 1.32 bits per heavy atom. The summed E-state index contributed by atoms with van der Waals surface area (Å²) in [4.78, 5) is 16.0. The van der Waals surface area contributed by atoms with Gasteiger partial charge in [-0.3, -0.25) is 4.99 Å². The smallest absolute Gasteiger partial charge is 0.334 e. The molecule has 0 aliphatic heterocycles. The zero-order valence-corrected chi connectivity index (χ0v) is 15.3. The number of nitrogens with one attached hydrogen (secondary N) is 1. The van der Waals surface area contributed by atoms with Crippen LogP contribution in [0, 0.1) is 22.2 Å². The normalized spacial score (nSPS) is 48.5. The molecule has 6 nitrogen and oxygen atoms in total. The molecule has 6 atom stereocenters. The van der Waals surface area contributed by atoms with E-state index in [1.807, 2.05) is 0 Å². The first-order valence-electron chi connectivity index (χ1n) is 9.35. The predicted molar refractivity (Wildman–Crippen MR) is 95.0 cm³/mol. The largest absolute Gasteiger partial charge is 0.478 e. The van der Waals surface area contributed by atoms with Gasteiger partial charge in [-0.1, -0.05) is 13.8 Å². The number of hydrogen-bond acceptors (Lipinski definition) is 3. The number of carboxylic acids is 1. The van der Waals surface area contributed by atoms with Crippen LogP contribution in [0.15, 0.2) is 16.1 Å². The molecule has 0 radical (unpaired) electrons. The molecule has 3 saturated carbocycles.